The van der Waals surface area contributed by atoms with Gasteiger partial charge in [-0.15, -0.1) is 0 Å². The van der Waals surface area contributed by atoms with Gasteiger partial charge in [0, 0.05) is 33.2 Å². The summed E-state index contributed by atoms with van der Waals surface area (Å²) in [5.41, 5.74) is 14.0. The van der Waals surface area contributed by atoms with Crippen molar-refractivity contribution in [2.24, 2.45) is 0 Å². The van der Waals surface area contributed by atoms with Crippen LogP contribution in [-0.4, -0.2) is 9.97 Å². The summed E-state index contributed by atoms with van der Waals surface area (Å²) >= 11 is 0. The molecule has 2 heterocycles. The van der Waals surface area contributed by atoms with E-state index in [1.807, 2.05) is 6.07 Å². The molecule has 3 nitrogen and oxygen atoms in total. The average Bonchev–Trinajstić information content (AvgIpc) is 3.81. The average molecular weight is 637 g/mol. The van der Waals surface area contributed by atoms with Crippen molar-refractivity contribution < 1.29 is 4.42 Å². The molecule has 0 saturated heterocycles. The molecule has 0 bridgehead atoms. The van der Waals surface area contributed by atoms with Gasteiger partial charge in [0.25, 0.3) is 0 Å². The van der Waals surface area contributed by atoms with Crippen LogP contribution in [0.3, 0.4) is 0 Å². The predicted octanol–water partition coefficient (Wildman–Crippen LogP) is 11.7. The third-order valence-corrected chi connectivity index (χ3v) is 10.7. The van der Waals surface area contributed by atoms with Crippen molar-refractivity contribution in [2.75, 3.05) is 0 Å². The molecule has 7 aromatic carbocycles. The molecule has 11 rings (SSSR count). The van der Waals surface area contributed by atoms with Gasteiger partial charge in [-0.25, -0.2) is 9.97 Å². The van der Waals surface area contributed by atoms with Gasteiger partial charge in [0.1, 0.15) is 11.3 Å². The maximum Gasteiger partial charge on any atom is 0.161 e. The minimum atomic E-state index is -0.534. The van der Waals surface area contributed by atoms with Crippen molar-refractivity contribution in [2.45, 2.75) is 5.41 Å². The summed E-state index contributed by atoms with van der Waals surface area (Å²) in [6.45, 7) is 0. The summed E-state index contributed by atoms with van der Waals surface area (Å²) < 4.78 is 6.71. The second-order valence-corrected chi connectivity index (χ2v) is 13.3. The first-order valence-corrected chi connectivity index (χ1v) is 17.1. The fourth-order valence-corrected chi connectivity index (χ4v) is 8.64. The normalized spacial score (nSPS) is 15.3. The van der Waals surface area contributed by atoms with Crippen LogP contribution >= 0.6 is 0 Å². The van der Waals surface area contributed by atoms with Gasteiger partial charge in [-0.2, -0.15) is 0 Å². The lowest BCUT2D eigenvalue weighted by atomic mass is 9.70. The molecule has 1 atom stereocenters. The highest BCUT2D eigenvalue weighted by atomic mass is 16.3. The van der Waals surface area contributed by atoms with Crippen molar-refractivity contribution in [3.05, 3.63) is 192 Å². The molecule has 0 fully saturated rings. The molecule has 1 spiro atoms. The van der Waals surface area contributed by atoms with E-state index in [4.69, 9.17) is 14.4 Å². The highest BCUT2D eigenvalue weighted by Crippen LogP contribution is 2.65. The zero-order chi connectivity index (χ0) is 32.8. The summed E-state index contributed by atoms with van der Waals surface area (Å²) in [5, 5.41) is 3.45. The maximum atomic E-state index is 6.71. The summed E-state index contributed by atoms with van der Waals surface area (Å²) in [4.78, 5) is 10.5. The van der Waals surface area contributed by atoms with Gasteiger partial charge < -0.3 is 4.42 Å². The molecule has 0 saturated carbocycles. The number of hydrogen-bond donors (Lipinski definition) is 0. The Morgan fingerprint density at radius 3 is 1.90 bits per heavy atom. The van der Waals surface area contributed by atoms with Gasteiger partial charge in [-0.1, -0.05) is 152 Å². The smallest absolute Gasteiger partial charge is 0.161 e. The standard InChI is InChI=1S/C47H28N2O/c1-2-14-30(15-3-1)41-28-42(49-46(48-41)35-21-12-16-29-13-4-5-17-32(29)35)31-25-26-34-33-18-6-9-22-38(33)47(40(34)27-31)39-23-10-7-19-36(39)45-44(47)37-20-8-11-24-43(37)50-45/h1-28H. The number of para-hydroxylation sites is 1. The lowest BCUT2D eigenvalue weighted by Crippen LogP contribution is -2.25. The molecular weight excluding hydrogens is 609 g/mol. The van der Waals surface area contributed by atoms with E-state index in [0.717, 1.165) is 55.8 Å². The fraction of sp³-hybridized carbons (Fsp3) is 0.0213. The Bertz CT molecular complexity index is 2830. The number of hydrogen-bond acceptors (Lipinski definition) is 3. The van der Waals surface area contributed by atoms with Gasteiger partial charge >= 0.3 is 0 Å². The molecule has 0 radical (unpaired) electrons. The topological polar surface area (TPSA) is 38.9 Å². The Morgan fingerprint density at radius 1 is 0.420 bits per heavy atom. The molecule has 0 amide bonds. The first-order valence-electron chi connectivity index (χ1n) is 17.1. The van der Waals surface area contributed by atoms with E-state index in [-0.39, 0.29) is 0 Å². The van der Waals surface area contributed by atoms with Crippen LogP contribution in [0.15, 0.2) is 174 Å². The zero-order valence-corrected chi connectivity index (χ0v) is 27.0. The van der Waals surface area contributed by atoms with E-state index >= 15 is 0 Å². The Labute approximate surface area is 289 Å². The highest BCUT2D eigenvalue weighted by molar-refractivity contribution is 6.02. The summed E-state index contributed by atoms with van der Waals surface area (Å²) in [7, 11) is 0. The van der Waals surface area contributed by atoms with Crippen LogP contribution in [0.2, 0.25) is 0 Å². The van der Waals surface area contributed by atoms with Crippen LogP contribution in [0.1, 0.15) is 22.3 Å². The molecule has 0 N–H and O–H groups in total. The Morgan fingerprint density at radius 2 is 1.04 bits per heavy atom. The van der Waals surface area contributed by atoms with Crippen LogP contribution < -0.4 is 0 Å². The Balaban J connectivity index is 1.21. The number of aromatic nitrogens is 2. The second-order valence-electron chi connectivity index (χ2n) is 13.3. The fourth-order valence-electron chi connectivity index (χ4n) is 8.64. The first kappa shape index (κ1) is 27.4. The van der Waals surface area contributed by atoms with E-state index in [1.54, 1.807) is 0 Å². The minimum absolute atomic E-state index is 0.534. The van der Waals surface area contributed by atoms with Gasteiger partial charge in [-0.05, 0) is 56.8 Å². The third-order valence-electron chi connectivity index (χ3n) is 10.7. The highest BCUT2D eigenvalue weighted by Gasteiger charge is 2.54. The van der Waals surface area contributed by atoms with Crippen LogP contribution in [0.5, 0.6) is 0 Å². The molecule has 232 valence electrons. The van der Waals surface area contributed by atoms with Gasteiger partial charge in [0.15, 0.2) is 5.82 Å². The van der Waals surface area contributed by atoms with Crippen molar-refractivity contribution in [3.8, 4) is 56.4 Å². The molecule has 9 aromatic rings. The van der Waals surface area contributed by atoms with Crippen molar-refractivity contribution >= 4 is 21.7 Å². The molecule has 2 aliphatic rings. The van der Waals surface area contributed by atoms with Crippen LogP contribution in [0.4, 0.5) is 0 Å². The van der Waals surface area contributed by atoms with Crippen LogP contribution in [0.25, 0.3) is 78.1 Å². The molecule has 50 heavy (non-hydrogen) atoms. The van der Waals surface area contributed by atoms with Crippen LogP contribution in [0, 0.1) is 0 Å². The molecule has 3 heteroatoms. The molecule has 2 aliphatic carbocycles. The first-order chi connectivity index (χ1) is 24.8. The number of furan rings is 1. The quantitative estimate of drug-likeness (QED) is 0.194. The van der Waals surface area contributed by atoms with E-state index in [2.05, 4.69) is 164 Å². The lowest BCUT2D eigenvalue weighted by molar-refractivity contribution is 0.628. The van der Waals surface area contributed by atoms with E-state index < -0.39 is 5.41 Å². The summed E-state index contributed by atoms with van der Waals surface area (Å²) in [5.74, 6) is 1.67. The molecule has 2 aromatic heterocycles. The number of benzene rings is 7. The Kier molecular flexibility index (Phi) is 5.59. The van der Waals surface area contributed by atoms with Crippen molar-refractivity contribution in [1.29, 1.82) is 0 Å². The number of fused-ring (bicyclic) bond motifs is 13. The Hall–Kier alpha value is -6.58. The molecular formula is C47H28N2O. The van der Waals surface area contributed by atoms with Gasteiger partial charge in [-0.3, -0.25) is 0 Å². The minimum Gasteiger partial charge on any atom is -0.456 e. The number of rotatable bonds is 3. The predicted molar refractivity (Wildman–Crippen MR) is 202 cm³/mol. The molecule has 1 unspecified atom stereocenters. The van der Waals surface area contributed by atoms with E-state index in [1.165, 1.54) is 38.8 Å². The monoisotopic (exact) mass is 636 g/mol. The number of nitrogens with zero attached hydrogens (tertiary/aromatic N) is 2. The van der Waals surface area contributed by atoms with E-state index in [0.29, 0.717) is 5.82 Å². The van der Waals surface area contributed by atoms with Crippen molar-refractivity contribution in [3.63, 3.8) is 0 Å². The van der Waals surface area contributed by atoms with Crippen LogP contribution in [-0.2, 0) is 5.41 Å². The van der Waals surface area contributed by atoms with E-state index in [9.17, 15) is 0 Å². The largest absolute Gasteiger partial charge is 0.456 e. The zero-order valence-electron chi connectivity index (χ0n) is 27.0. The summed E-state index contributed by atoms with van der Waals surface area (Å²) in [6.07, 6.45) is 0. The van der Waals surface area contributed by atoms with Crippen molar-refractivity contribution in [1.82, 2.24) is 9.97 Å². The van der Waals surface area contributed by atoms with Gasteiger partial charge in [0.2, 0.25) is 0 Å². The molecule has 0 aliphatic heterocycles. The SMILES string of the molecule is c1ccc(-c2cc(-c3ccc4c(c3)C3(c5ccccc5-4)c4ccccc4-c4oc5ccccc5c43)nc(-c3cccc4ccccc34)n2)cc1. The third kappa shape index (κ3) is 3.64. The second kappa shape index (κ2) is 10.2. The van der Waals surface area contributed by atoms with Gasteiger partial charge in [0.05, 0.1) is 16.8 Å². The summed E-state index contributed by atoms with van der Waals surface area (Å²) in [6, 6.07) is 60.4. The maximum absolute atomic E-state index is 6.71. The lowest BCUT2D eigenvalue weighted by Gasteiger charge is -2.30.